The largest absolute Gasteiger partial charge is 0.359 e. The van der Waals surface area contributed by atoms with E-state index in [4.69, 9.17) is 19.5 Å². The van der Waals surface area contributed by atoms with E-state index in [9.17, 15) is 0 Å². The van der Waals surface area contributed by atoms with Crippen molar-refractivity contribution in [2.24, 2.45) is 0 Å². The molecule has 1 atom stereocenters. The summed E-state index contributed by atoms with van der Waals surface area (Å²) in [5, 5.41) is 29.0. The fourth-order valence-electron chi connectivity index (χ4n) is 3.33. The van der Waals surface area contributed by atoms with Crippen LogP contribution in [0.2, 0.25) is 0 Å². The van der Waals surface area contributed by atoms with Gasteiger partial charge in [-0.05, 0) is 40.2 Å². The van der Waals surface area contributed by atoms with Crippen LogP contribution in [0.5, 0.6) is 0 Å². The first-order valence-corrected chi connectivity index (χ1v) is 13.7. The van der Waals surface area contributed by atoms with E-state index in [0.717, 1.165) is 42.3 Å². The summed E-state index contributed by atoms with van der Waals surface area (Å²) >= 11 is 3.14. The highest BCUT2D eigenvalue weighted by molar-refractivity contribution is 7.14. The van der Waals surface area contributed by atoms with E-state index >= 15 is 0 Å². The minimum atomic E-state index is -0.500. The number of ether oxygens (including phenoxy) is 3. The Bertz CT molecular complexity index is 1260. The molecule has 0 N–H and O–H groups in total. The Morgan fingerprint density at radius 2 is 1.08 bits per heavy atom. The normalized spacial score (nSPS) is 11.0. The number of hydrogen-bond acceptors (Lipinski definition) is 10. The summed E-state index contributed by atoms with van der Waals surface area (Å²) in [4.78, 5) is 0. The van der Waals surface area contributed by atoms with E-state index in [1.165, 1.54) is 0 Å². The summed E-state index contributed by atoms with van der Waals surface area (Å²) in [5.74, 6) is 0. The third-order valence-corrected chi connectivity index (χ3v) is 6.80. The van der Waals surface area contributed by atoms with Crippen molar-refractivity contribution < 1.29 is 14.2 Å². The highest BCUT2D eigenvalue weighted by Crippen LogP contribution is 2.27. The van der Waals surface area contributed by atoms with Gasteiger partial charge in [0.15, 0.2) is 12.4 Å². The lowest BCUT2D eigenvalue weighted by molar-refractivity contribution is -0.140. The average Bonchev–Trinajstić information content (AvgIpc) is 3.56. The third-order valence-electron chi connectivity index (χ3n) is 5.03. The molecule has 0 aliphatic heterocycles. The molecule has 0 fully saturated rings. The lowest BCUT2D eigenvalue weighted by Gasteiger charge is -2.17. The number of benzene rings is 2. The molecule has 10 heteroatoms. The van der Waals surface area contributed by atoms with Crippen molar-refractivity contribution in [2.45, 2.75) is 61.9 Å². The molecule has 0 aliphatic rings. The Morgan fingerprint density at radius 1 is 0.667 bits per heavy atom. The smallest absolute Gasteiger partial charge is 0.183 e. The number of rotatable bonds is 10. The molecule has 4 aromatic rings. The Morgan fingerprint density at radius 3 is 1.41 bits per heavy atom. The van der Waals surface area contributed by atoms with Crippen LogP contribution in [0, 0.1) is 25.2 Å². The Labute approximate surface area is 240 Å². The second-order valence-corrected chi connectivity index (χ2v) is 10.1. The van der Waals surface area contributed by atoms with Gasteiger partial charge in [0.1, 0.15) is 20.0 Å². The van der Waals surface area contributed by atoms with Gasteiger partial charge in [0.2, 0.25) is 0 Å². The fourth-order valence-corrected chi connectivity index (χ4v) is 4.72. The van der Waals surface area contributed by atoms with E-state index < -0.39 is 6.10 Å². The standard InChI is InChI=1S/C14H18N2O2S.C13H13N3OS.2CH4/c1-4-17-14(18-5-2)12-8-6-11(7-9-12)13-16-15-10(3)19-13;1-3-17-12(8-14)10-4-6-11(7-5-10)13-16-15-9(2)18-13;;/h6-9,14H,4-5H2,1-3H3;4-7,12H,3H2,1-2H3;2*1H4. The molecule has 2 heterocycles. The summed E-state index contributed by atoms with van der Waals surface area (Å²) < 4.78 is 16.5. The zero-order valence-corrected chi connectivity index (χ0v) is 23.3. The molecule has 0 spiro atoms. The van der Waals surface area contributed by atoms with Crippen molar-refractivity contribution in [3.05, 3.63) is 69.7 Å². The first-order valence-electron chi connectivity index (χ1n) is 12.0. The van der Waals surface area contributed by atoms with Crippen LogP contribution in [0.3, 0.4) is 0 Å². The molecular formula is C29H39N5O3S2. The van der Waals surface area contributed by atoms with Gasteiger partial charge in [-0.25, -0.2) is 0 Å². The Kier molecular flexibility index (Phi) is 15.2. The molecule has 0 bridgehead atoms. The van der Waals surface area contributed by atoms with Gasteiger partial charge >= 0.3 is 0 Å². The fraction of sp³-hybridized carbons (Fsp3) is 0.414. The van der Waals surface area contributed by atoms with E-state index in [2.05, 4.69) is 26.5 Å². The van der Waals surface area contributed by atoms with Gasteiger partial charge in [-0.15, -0.1) is 20.4 Å². The van der Waals surface area contributed by atoms with Crippen LogP contribution < -0.4 is 0 Å². The van der Waals surface area contributed by atoms with Crippen LogP contribution in [-0.4, -0.2) is 40.2 Å². The topological polar surface area (TPSA) is 103 Å². The van der Waals surface area contributed by atoms with Crippen molar-refractivity contribution in [3.63, 3.8) is 0 Å². The number of aryl methyl sites for hydroxylation is 2. The minimum absolute atomic E-state index is 0. The molecule has 8 nitrogen and oxygen atoms in total. The maximum atomic E-state index is 9.00. The molecule has 0 radical (unpaired) electrons. The molecule has 4 rings (SSSR count). The molecule has 0 saturated heterocycles. The van der Waals surface area contributed by atoms with Crippen LogP contribution >= 0.6 is 22.7 Å². The highest BCUT2D eigenvalue weighted by atomic mass is 32.1. The van der Waals surface area contributed by atoms with Gasteiger partial charge in [0.05, 0.1) is 6.07 Å². The molecule has 0 amide bonds. The quantitative estimate of drug-likeness (QED) is 0.177. The van der Waals surface area contributed by atoms with Gasteiger partial charge < -0.3 is 14.2 Å². The molecule has 210 valence electrons. The molecule has 0 saturated carbocycles. The summed E-state index contributed by atoms with van der Waals surface area (Å²) in [6, 6.07) is 17.9. The van der Waals surface area contributed by atoms with Crippen molar-refractivity contribution >= 4 is 22.7 Å². The molecular weight excluding hydrogens is 530 g/mol. The summed E-state index contributed by atoms with van der Waals surface area (Å²) in [7, 11) is 0. The summed E-state index contributed by atoms with van der Waals surface area (Å²) in [6.07, 6.45) is -0.791. The first kappa shape index (κ1) is 34.0. The number of nitrogens with zero attached hydrogens (tertiary/aromatic N) is 5. The molecule has 2 aromatic heterocycles. The molecule has 0 aliphatic carbocycles. The van der Waals surface area contributed by atoms with Crippen LogP contribution in [0.1, 0.15) is 69.2 Å². The van der Waals surface area contributed by atoms with Crippen LogP contribution in [0.15, 0.2) is 48.5 Å². The van der Waals surface area contributed by atoms with E-state index in [1.807, 2.05) is 83.1 Å². The lowest BCUT2D eigenvalue weighted by Crippen LogP contribution is -2.08. The molecule has 1 unspecified atom stereocenters. The maximum Gasteiger partial charge on any atom is 0.183 e. The van der Waals surface area contributed by atoms with Crippen LogP contribution in [0.4, 0.5) is 0 Å². The van der Waals surface area contributed by atoms with Crippen molar-refractivity contribution in [3.8, 4) is 27.2 Å². The third kappa shape index (κ3) is 9.88. The Hall–Kier alpha value is -3.07. The monoisotopic (exact) mass is 569 g/mol. The van der Waals surface area contributed by atoms with E-state index in [1.54, 1.807) is 22.7 Å². The number of hydrogen-bond donors (Lipinski definition) is 0. The second kappa shape index (κ2) is 17.5. The van der Waals surface area contributed by atoms with Crippen molar-refractivity contribution in [1.82, 2.24) is 20.4 Å². The second-order valence-electron chi connectivity index (χ2n) is 7.70. The van der Waals surface area contributed by atoms with Crippen LogP contribution in [-0.2, 0) is 14.2 Å². The highest BCUT2D eigenvalue weighted by Gasteiger charge is 2.13. The van der Waals surface area contributed by atoms with Crippen LogP contribution in [0.25, 0.3) is 21.1 Å². The van der Waals surface area contributed by atoms with E-state index in [0.29, 0.717) is 19.8 Å². The van der Waals surface area contributed by atoms with Gasteiger partial charge in [0.25, 0.3) is 0 Å². The maximum absolute atomic E-state index is 9.00. The summed E-state index contributed by atoms with van der Waals surface area (Å²) in [5.41, 5.74) is 3.97. The predicted molar refractivity (Wildman–Crippen MR) is 160 cm³/mol. The predicted octanol–water partition coefficient (Wildman–Crippen LogP) is 7.97. The van der Waals surface area contributed by atoms with Crippen molar-refractivity contribution in [1.29, 1.82) is 5.26 Å². The number of nitriles is 1. The van der Waals surface area contributed by atoms with Gasteiger partial charge in [0, 0.05) is 36.5 Å². The van der Waals surface area contributed by atoms with Crippen molar-refractivity contribution in [2.75, 3.05) is 19.8 Å². The molecule has 2 aromatic carbocycles. The van der Waals surface area contributed by atoms with Gasteiger partial charge in [-0.3, -0.25) is 0 Å². The first-order chi connectivity index (χ1) is 18.0. The number of aromatic nitrogens is 4. The lowest BCUT2D eigenvalue weighted by atomic mass is 10.1. The molecule has 39 heavy (non-hydrogen) atoms. The minimum Gasteiger partial charge on any atom is -0.359 e. The van der Waals surface area contributed by atoms with E-state index in [-0.39, 0.29) is 21.1 Å². The van der Waals surface area contributed by atoms with Gasteiger partial charge in [-0.2, -0.15) is 5.26 Å². The summed E-state index contributed by atoms with van der Waals surface area (Å²) in [6.45, 7) is 11.5. The average molecular weight is 570 g/mol. The SMILES string of the molecule is C.C.CCOC(C#N)c1ccc(-c2nnc(C)s2)cc1.CCOC(OCC)c1ccc(-c2nnc(C)s2)cc1. The van der Waals surface area contributed by atoms with Gasteiger partial charge in [-0.1, -0.05) is 86.1 Å². The zero-order chi connectivity index (χ0) is 26.6. The zero-order valence-electron chi connectivity index (χ0n) is 21.7. The Balaban J connectivity index is 0.000000371.